The number of fused-ring (bicyclic) bond motifs is 1. The maximum Gasteiger partial charge on any atom is 0.307 e. The van der Waals surface area contributed by atoms with Crippen LogP contribution in [-0.4, -0.2) is 26.8 Å². The first-order chi connectivity index (χ1) is 11.8. The van der Waals surface area contributed by atoms with Crippen LogP contribution in [0.25, 0.3) is 10.9 Å². The number of hydrogen-bond acceptors (Lipinski definition) is 3. The number of H-pyrrole nitrogens is 1. The Balaban J connectivity index is 2.25. The summed E-state index contributed by atoms with van der Waals surface area (Å²) in [6, 6.07) is 4.97. The molecular weight excluding hydrogens is 363 g/mol. The number of hydrogen-bond donors (Lipinski definition) is 2. The third-order valence-corrected chi connectivity index (χ3v) is 4.91. The summed E-state index contributed by atoms with van der Waals surface area (Å²) < 4.78 is 0. The van der Waals surface area contributed by atoms with Crippen molar-refractivity contribution in [3.8, 4) is 0 Å². The number of carbonyl (C=O) groups is 2. The lowest BCUT2D eigenvalue weighted by Gasteiger charge is -2.07. The van der Waals surface area contributed by atoms with Gasteiger partial charge in [-0.25, -0.2) is 0 Å². The quantitative estimate of drug-likeness (QED) is 0.663. The zero-order valence-corrected chi connectivity index (χ0v) is 15.0. The third kappa shape index (κ3) is 3.13. The number of pyridine rings is 1. The summed E-state index contributed by atoms with van der Waals surface area (Å²) in [4.78, 5) is 31.5. The SMILES string of the molecule is Cc1ccnc(C(=O)c2[nH]c3cc(Cl)c(Cl)cc3c2CC(=O)O)c1C. The highest BCUT2D eigenvalue weighted by molar-refractivity contribution is 6.42. The number of carboxylic acids is 1. The number of aromatic nitrogens is 2. The van der Waals surface area contributed by atoms with Crippen LogP contribution in [0, 0.1) is 13.8 Å². The standard InChI is InChI=1S/C18H14Cl2N2O3/c1-8-3-4-21-16(9(8)2)18(25)17-11(6-15(23)24)10-5-12(19)13(20)7-14(10)22-17/h3-5,7,22H,6H2,1-2H3,(H,23,24). The zero-order chi connectivity index (χ0) is 18.3. The van der Waals surface area contributed by atoms with Crippen LogP contribution in [0.2, 0.25) is 10.0 Å². The predicted molar refractivity (Wildman–Crippen MR) is 96.8 cm³/mol. The molecule has 0 fully saturated rings. The Morgan fingerprint density at radius 1 is 1.20 bits per heavy atom. The van der Waals surface area contributed by atoms with Gasteiger partial charge in [-0.15, -0.1) is 0 Å². The molecule has 5 nitrogen and oxygen atoms in total. The number of nitrogens with one attached hydrogen (secondary N) is 1. The Morgan fingerprint density at radius 2 is 1.88 bits per heavy atom. The highest BCUT2D eigenvalue weighted by Gasteiger charge is 2.24. The van der Waals surface area contributed by atoms with Gasteiger partial charge in [0, 0.05) is 22.7 Å². The van der Waals surface area contributed by atoms with Gasteiger partial charge in [-0.2, -0.15) is 0 Å². The van der Waals surface area contributed by atoms with E-state index in [1.54, 1.807) is 18.3 Å². The Bertz CT molecular complexity index is 1020. The number of nitrogens with zero attached hydrogens (tertiary/aromatic N) is 1. The fourth-order valence-electron chi connectivity index (χ4n) is 2.75. The molecule has 0 aliphatic rings. The fourth-order valence-corrected chi connectivity index (χ4v) is 3.08. The van der Waals surface area contributed by atoms with Crippen molar-refractivity contribution >= 4 is 45.9 Å². The van der Waals surface area contributed by atoms with Gasteiger partial charge in [0.25, 0.3) is 0 Å². The van der Waals surface area contributed by atoms with Crippen LogP contribution >= 0.6 is 23.2 Å². The highest BCUT2D eigenvalue weighted by Crippen LogP contribution is 2.32. The van der Waals surface area contributed by atoms with Crippen molar-refractivity contribution in [3.63, 3.8) is 0 Å². The molecule has 2 aromatic heterocycles. The molecule has 3 aromatic rings. The highest BCUT2D eigenvalue weighted by atomic mass is 35.5. The summed E-state index contributed by atoms with van der Waals surface area (Å²) in [6.45, 7) is 3.69. The molecule has 0 atom stereocenters. The van der Waals surface area contributed by atoms with Crippen molar-refractivity contribution < 1.29 is 14.7 Å². The van der Waals surface area contributed by atoms with Crippen molar-refractivity contribution in [1.29, 1.82) is 0 Å². The van der Waals surface area contributed by atoms with Gasteiger partial charge in [-0.3, -0.25) is 14.6 Å². The maximum absolute atomic E-state index is 13.0. The Kier molecular flexibility index (Phi) is 4.54. The van der Waals surface area contributed by atoms with Crippen LogP contribution in [0.5, 0.6) is 0 Å². The second-order valence-corrected chi connectivity index (χ2v) is 6.61. The Morgan fingerprint density at radius 3 is 2.56 bits per heavy atom. The van der Waals surface area contributed by atoms with Gasteiger partial charge in [0.2, 0.25) is 5.78 Å². The van der Waals surface area contributed by atoms with Crippen LogP contribution in [-0.2, 0) is 11.2 Å². The van der Waals surface area contributed by atoms with E-state index in [-0.39, 0.29) is 23.6 Å². The largest absolute Gasteiger partial charge is 0.481 e. The fraction of sp³-hybridized carbons (Fsp3) is 0.167. The summed E-state index contributed by atoms with van der Waals surface area (Å²) >= 11 is 12.1. The molecule has 25 heavy (non-hydrogen) atoms. The monoisotopic (exact) mass is 376 g/mol. The smallest absolute Gasteiger partial charge is 0.307 e. The van der Waals surface area contributed by atoms with Gasteiger partial charge in [0.1, 0.15) is 5.69 Å². The second kappa shape index (κ2) is 6.50. The van der Waals surface area contributed by atoms with E-state index in [0.717, 1.165) is 11.1 Å². The topological polar surface area (TPSA) is 83.0 Å². The van der Waals surface area contributed by atoms with Crippen molar-refractivity contribution in [2.24, 2.45) is 0 Å². The number of aliphatic carboxylic acids is 1. The molecule has 1 aromatic carbocycles. The maximum atomic E-state index is 13.0. The van der Waals surface area contributed by atoms with Crippen molar-refractivity contribution in [2.75, 3.05) is 0 Å². The van der Waals surface area contributed by atoms with E-state index in [1.807, 2.05) is 19.9 Å². The number of benzene rings is 1. The van der Waals surface area contributed by atoms with E-state index in [4.69, 9.17) is 23.2 Å². The minimum atomic E-state index is -1.05. The molecule has 3 rings (SSSR count). The van der Waals surface area contributed by atoms with Gasteiger partial charge in [-0.1, -0.05) is 23.2 Å². The number of halogens is 2. The van der Waals surface area contributed by atoms with Crippen LogP contribution in [0.4, 0.5) is 0 Å². The zero-order valence-electron chi connectivity index (χ0n) is 13.5. The molecule has 0 aliphatic heterocycles. The number of carbonyl (C=O) groups excluding carboxylic acids is 1. The summed E-state index contributed by atoms with van der Waals surface area (Å²) in [6.07, 6.45) is 1.24. The van der Waals surface area contributed by atoms with Gasteiger partial charge in [0.05, 0.1) is 22.2 Å². The molecule has 0 amide bonds. The van der Waals surface area contributed by atoms with E-state index in [9.17, 15) is 14.7 Å². The van der Waals surface area contributed by atoms with E-state index < -0.39 is 5.97 Å². The summed E-state index contributed by atoms with van der Waals surface area (Å²) in [5.74, 6) is -1.41. The first kappa shape index (κ1) is 17.5. The average Bonchev–Trinajstić information content (AvgIpc) is 2.87. The van der Waals surface area contributed by atoms with Crippen molar-refractivity contribution in [1.82, 2.24) is 9.97 Å². The molecule has 0 radical (unpaired) electrons. The molecule has 0 spiro atoms. The van der Waals surface area contributed by atoms with E-state index in [1.165, 1.54) is 0 Å². The molecule has 0 aliphatic carbocycles. The van der Waals surface area contributed by atoms with Gasteiger partial charge >= 0.3 is 5.97 Å². The van der Waals surface area contributed by atoms with Crippen LogP contribution in [0.15, 0.2) is 24.4 Å². The molecule has 2 heterocycles. The van der Waals surface area contributed by atoms with E-state index in [0.29, 0.717) is 26.5 Å². The minimum Gasteiger partial charge on any atom is -0.481 e. The molecule has 0 bridgehead atoms. The van der Waals surface area contributed by atoms with Crippen molar-refractivity contribution in [2.45, 2.75) is 20.3 Å². The summed E-state index contributed by atoms with van der Waals surface area (Å²) in [7, 11) is 0. The lowest BCUT2D eigenvalue weighted by atomic mass is 10.0. The van der Waals surface area contributed by atoms with Crippen molar-refractivity contribution in [3.05, 3.63) is 62.5 Å². The summed E-state index contributed by atoms with van der Waals surface area (Å²) in [5, 5.41) is 10.4. The minimum absolute atomic E-state index is 0.192. The van der Waals surface area contributed by atoms with Gasteiger partial charge < -0.3 is 10.1 Å². The Labute approximate surface area is 153 Å². The molecule has 0 unspecified atom stereocenters. The first-order valence-corrected chi connectivity index (χ1v) is 8.23. The van der Waals surface area contributed by atoms with Crippen LogP contribution in [0.3, 0.4) is 0 Å². The van der Waals surface area contributed by atoms with Gasteiger partial charge in [-0.05, 0) is 43.2 Å². The average molecular weight is 377 g/mol. The number of aryl methyl sites for hydroxylation is 1. The molecule has 7 heteroatoms. The normalized spacial score (nSPS) is 11.0. The number of rotatable bonds is 4. The number of carboxylic acid groups (broad SMARTS) is 1. The molecule has 0 saturated carbocycles. The van der Waals surface area contributed by atoms with E-state index >= 15 is 0 Å². The Hall–Kier alpha value is -2.37. The third-order valence-electron chi connectivity index (χ3n) is 4.19. The summed E-state index contributed by atoms with van der Waals surface area (Å²) in [5.41, 5.74) is 3.09. The number of ketones is 1. The molecule has 0 saturated heterocycles. The number of aromatic amines is 1. The second-order valence-electron chi connectivity index (χ2n) is 5.79. The first-order valence-electron chi connectivity index (χ1n) is 7.48. The lowest BCUT2D eigenvalue weighted by molar-refractivity contribution is -0.136. The predicted octanol–water partition coefficient (Wildman–Crippen LogP) is 4.34. The van der Waals surface area contributed by atoms with Crippen LogP contribution < -0.4 is 0 Å². The lowest BCUT2D eigenvalue weighted by Crippen LogP contribution is -2.12. The molecular formula is C18H14Cl2N2O3. The molecule has 2 N–H and O–H groups in total. The van der Waals surface area contributed by atoms with Gasteiger partial charge in [0.15, 0.2) is 0 Å². The van der Waals surface area contributed by atoms with Crippen LogP contribution in [0.1, 0.15) is 32.9 Å². The van der Waals surface area contributed by atoms with E-state index in [2.05, 4.69) is 9.97 Å². The molecule has 128 valence electrons.